The summed E-state index contributed by atoms with van der Waals surface area (Å²) in [7, 11) is -3.51. The van der Waals surface area contributed by atoms with Gasteiger partial charge < -0.3 is 10.2 Å². The van der Waals surface area contributed by atoms with E-state index < -0.39 is 10.0 Å². The summed E-state index contributed by atoms with van der Waals surface area (Å²) in [4.78, 5) is 14.5. The van der Waals surface area contributed by atoms with Crippen molar-refractivity contribution in [1.82, 2.24) is 14.5 Å². The number of hydrogen-bond donors (Lipinski definition) is 1. The lowest BCUT2D eigenvalue weighted by Crippen LogP contribution is -2.52. The summed E-state index contributed by atoms with van der Waals surface area (Å²) in [5, 5.41) is 3.89. The molecule has 0 aromatic heterocycles. The van der Waals surface area contributed by atoms with Crippen LogP contribution in [0.4, 0.5) is 0 Å². The smallest absolute Gasteiger partial charge is 0.243 e. The number of piperazine rings is 1. The molecule has 1 heterocycles. The van der Waals surface area contributed by atoms with Crippen LogP contribution in [0.3, 0.4) is 0 Å². The SMILES string of the molecule is C[C@H](NCC(=O)N1CCN(S(=O)(=O)c2ccccc2)CC1)c1ccc(Cl)cc1. The minimum absolute atomic E-state index is 0.0148. The van der Waals surface area contributed by atoms with Crippen molar-refractivity contribution in [2.75, 3.05) is 32.7 Å². The molecule has 1 saturated heterocycles. The molecule has 2 aromatic carbocycles. The third-order valence-corrected chi connectivity index (χ3v) is 7.07. The highest BCUT2D eigenvalue weighted by Gasteiger charge is 2.29. The van der Waals surface area contributed by atoms with E-state index in [1.54, 1.807) is 35.2 Å². The third-order valence-electron chi connectivity index (χ3n) is 4.90. The molecule has 1 fully saturated rings. The Bertz CT molecular complexity index is 896. The van der Waals surface area contributed by atoms with Gasteiger partial charge in [0.1, 0.15) is 0 Å². The fourth-order valence-corrected chi connectivity index (χ4v) is 4.71. The minimum Gasteiger partial charge on any atom is -0.339 e. The maximum absolute atomic E-state index is 12.7. The molecular weight excluding hydrogens is 398 g/mol. The first kappa shape index (κ1) is 20.8. The van der Waals surface area contributed by atoms with Gasteiger partial charge in [0.05, 0.1) is 11.4 Å². The number of benzene rings is 2. The van der Waals surface area contributed by atoms with Crippen LogP contribution >= 0.6 is 11.6 Å². The molecule has 150 valence electrons. The van der Waals surface area contributed by atoms with Gasteiger partial charge in [0.15, 0.2) is 0 Å². The normalized spacial score (nSPS) is 16.7. The van der Waals surface area contributed by atoms with Crippen molar-refractivity contribution in [2.24, 2.45) is 0 Å². The Labute approximate surface area is 171 Å². The molecule has 1 amide bonds. The molecule has 2 aromatic rings. The fourth-order valence-electron chi connectivity index (χ4n) is 3.14. The zero-order valence-corrected chi connectivity index (χ0v) is 17.3. The number of halogens is 1. The average molecular weight is 422 g/mol. The summed E-state index contributed by atoms with van der Waals surface area (Å²) in [5.74, 6) is -0.0300. The number of nitrogens with one attached hydrogen (secondary N) is 1. The van der Waals surface area contributed by atoms with Crippen LogP contribution in [0.2, 0.25) is 5.02 Å². The Balaban J connectivity index is 1.50. The highest BCUT2D eigenvalue weighted by molar-refractivity contribution is 7.89. The molecule has 0 unspecified atom stereocenters. The van der Waals surface area contributed by atoms with Crippen LogP contribution in [0, 0.1) is 0 Å². The molecule has 28 heavy (non-hydrogen) atoms. The van der Waals surface area contributed by atoms with Crippen molar-refractivity contribution in [3.63, 3.8) is 0 Å². The maximum atomic E-state index is 12.7. The zero-order valence-electron chi connectivity index (χ0n) is 15.7. The van der Waals surface area contributed by atoms with Gasteiger partial charge in [-0.25, -0.2) is 8.42 Å². The van der Waals surface area contributed by atoms with Crippen LogP contribution in [0.15, 0.2) is 59.5 Å². The van der Waals surface area contributed by atoms with Crippen molar-refractivity contribution in [3.05, 3.63) is 65.2 Å². The number of rotatable bonds is 6. The van der Waals surface area contributed by atoms with Gasteiger partial charge in [-0.1, -0.05) is 41.9 Å². The highest BCUT2D eigenvalue weighted by atomic mass is 35.5. The molecule has 1 aliphatic rings. The molecular formula is C20H24ClN3O3S. The predicted octanol–water partition coefficient (Wildman–Crippen LogP) is 2.52. The lowest BCUT2D eigenvalue weighted by Gasteiger charge is -2.34. The van der Waals surface area contributed by atoms with E-state index in [4.69, 9.17) is 11.6 Å². The average Bonchev–Trinajstić information content (AvgIpc) is 2.73. The lowest BCUT2D eigenvalue weighted by molar-refractivity contribution is -0.131. The number of nitrogens with zero attached hydrogens (tertiary/aromatic N) is 2. The standard InChI is InChI=1S/C20H24ClN3O3S/c1-16(17-7-9-18(21)10-8-17)22-15-20(25)23-11-13-24(14-12-23)28(26,27)19-5-3-2-4-6-19/h2-10,16,22H,11-15H2,1H3/t16-/m0/s1. The first-order valence-corrected chi connectivity index (χ1v) is 11.0. The second-order valence-electron chi connectivity index (χ2n) is 6.75. The van der Waals surface area contributed by atoms with E-state index in [9.17, 15) is 13.2 Å². The van der Waals surface area contributed by atoms with Gasteiger partial charge in [-0.15, -0.1) is 0 Å². The molecule has 1 aliphatic heterocycles. The van der Waals surface area contributed by atoms with Crippen molar-refractivity contribution in [3.8, 4) is 0 Å². The summed E-state index contributed by atoms with van der Waals surface area (Å²) >= 11 is 5.90. The molecule has 0 bridgehead atoms. The first-order chi connectivity index (χ1) is 13.4. The van der Waals surface area contributed by atoms with Crippen LogP contribution in [-0.4, -0.2) is 56.3 Å². The van der Waals surface area contributed by atoms with E-state index >= 15 is 0 Å². The largest absolute Gasteiger partial charge is 0.339 e. The van der Waals surface area contributed by atoms with Crippen LogP contribution in [0.25, 0.3) is 0 Å². The summed E-state index contributed by atoms with van der Waals surface area (Å²) in [6.45, 7) is 3.57. The van der Waals surface area contributed by atoms with Crippen LogP contribution in [-0.2, 0) is 14.8 Å². The van der Waals surface area contributed by atoms with E-state index in [0.717, 1.165) is 5.56 Å². The van der Waals surface area contributed by atoms with E-state index in [-0.39, 0.29) is 23.4 Å². The fraction of sp³-hybridized carbons (Fsp3) is 0.350. The van der Waals surface area contributed by atoms with Crippen LogP contribution in [0.5, 0.6) is 0 Å². The predicted molar refractivity (Wildman–Crippen MR) is 110 cm³/mol. The Hall–Kier alpha value is -1.93. The molecule has 6 nitrogen and oxygen atoms in total. The monoisotopic (exact) mass is 421 g/mol. The second-order valence-corrected chi connectivity index (χ2v) is 9.13. The lowest BCUT2D eigenvalue weighted by atomic mass is 10.1. The molecule has 8 heteroatoms. The van der Waals surface area contributed by atoms with Gasteiger partial charge in [-0.2, -0.15) is 4.31 Å². The van der Waals surface area contributed by atoms with Gasteiger partial charge in [0, 0.05) is 37.2 Å². The topological polar surface area (TPSA) is 69.7 Å². The number of carbonyl (C=O) groups is 1. The van der Waals surface area contributed by atoms with Gasteiger partial charge >= 0.3 is 0 Å². The van der Waals surface area contributed by atoms with Crippen molar-refractivity contribution in [1.29, 1.82) is 0 Å². The summed E-state index contributed by atoms with van der Waals surface area (Å²) in [6.07, 6.45) is 0. The molecule has 3 rings (SSSR count). The Morgan fingerprint density at radius 1 is 1.04 bits per heavy atom. The number of carbonyl (C=O) groups excluding carboxylic acids is 1. The number of sulfonamides is 1. The van der Waals surface area contributed by atoms with Gasteiger partial charge in [0.25, 0.3) is 0 Å². The minimum atomic E-state index is -3.51. The number of hydrogen-bond acceptors (Lipinski definition) is 4. The van der Waals surface area contributed by atoms with Gasteiger partial charge in [-0.05, 0) is 36.8 Å². The van der Waals surface area contributed by atoms with Crippen molar-refractivity contribution in [2.45, 2.75) is 17.9 Å². The molecule has 0 radical (unpaired) electrons. The third kappa shape index (κ3) is 4.91. The summed E-state index contributed by atoms with van der Waals surface area (Å²) in [6, 6.07) is 15.9. The van der Waals surface area contributed by atoms with Crippen LogP contribution in [0.1, 0.15) is 18.5 Å². The second kappa shape index (κ2) is 9.05. The van der Waals surface area contributed by atoms with E-state index in [1.165, 1.54) is 4.31 Å². The van der Waals surface area contributed by atoms with E-state index in [2.05, 4.69) is 5.32 Å². The van der Waals surface area contributed by atoms with Gasteiger partial charge in [0.2, 0.25) is 15.9 Å². The molecule has 0 aliphatic carbocycles. The van der Waals surface area contributed by atoms with E-state index in [0.29, 0.717) is 31.2 Å². The Morgan fingerprint density at radius 2 is 1.64 bits per heavy atom. The molecule has 0 saturated carbocycles. The van der Waals surface area contributed by atoms with Crippen LogP contribution < -0.4 is 5.32 Å². The van der Waals surface area contributed by atoms with Gasteiger partial charge in [-0.3, -0.25) is 4.79 Å². The quantitative estimate of drug-likeness (QED) is 0.778. The van der Waals surface area contributed by atoms with Crippen molar-refractivity contribution >= 4 is 27.5 Å². The zero-order chi connectivity index (χ0) is 20.1. The molecule has 1 atom stereocenters. The molecule has 0 spiro atoms. The Morgan fingerprint density at radius 3 is 2.25 bits per heavy atom. The summed E-state index contributed by atoms with van der Waals surface area (Å²) < 4.78 is 26.8. The highest BCUT2D eigenvalue weighted by Crippen LogP contribution is 2.18. The van der Waals surface area contributed by atoms with Crippen molar-refractivity contribution < 1.29 is 13.2 Å². The Kier molecular flexibility index (Phi) is 6.72. The maximum Gasteiger partial charge on any atom is 0.243 e. The molecule has 1 N–H and O–H groups in total. The summed E-state index contributed by atoms with van der Waals surface area (Å²) in [5.41, 5.74) is 1.05. The van der Waals surface area contributed by atoms with E-state index in [1.807, 2.05) is 31.2 Å². The first-order valence-electron chi connectivity index (χ1n) is 9.20. The number of amides is 1.